The first kappa shape index (κ1) is 13.8. The molecule has 1 rings (SSSR count). The molecule has 96 valence electrons. The Morgan fingerprint density at radius 3 is 2.39 bits per heavy atom. The first-order valence-corrected chi connectivity index (χ1v) is 5.38. The molecule has 1 atom stereocenters. The van der Waals surface area contributed by atoms with Crippen LogP contribution in [0.25, 0.3) is 0 Å². The van der Waals surface area contributed by atoms with Crippen LogP contribution in [0.3, 0.4) is 0 Å². The zero-order chi connectivity index (χ0) is 13.5. The van der Waals surface area contributed by atoms with E-state index in [0.717, 1.165) is 23.5 Å². The van der Waals surface area contributed by atoms with Gasteiger partial charge < -0.3 is 15.2 Å². The SMILES string of the molecule is COc1ccc([C@H](C)NC(=O)/C=C\C(=O)O)cc1. The summed E-state index contributed by atoms with van der Waals surface area (Å²) in [5.74, 6) is -0.856. The van der Waals surface area contributed by atoms with Gasteiger partial charge in [0.25, 0.3) is 0 Å². The Hall–Kier alpha value is -2.30. The third kappa shape index (κ3) is 4.29. The summed E-state index contributed by atoms with van der Waals surface area (Å²) in [6.07, 6.45) is 1.79. The number of hydrogen-bond donors (Lipinski definition) is 2. The lowest BCUT2D eigenvalue weighted by Crippen LogP contribution is -2.24. The van der Waals surface area contributed by atoms with Gasteiger partial charge in [0, 0.05) is 12.2 Å². The standard InChI is InChI=1S/C13H15NO4/c1-9(14-12(15)7-8-13(16)17)10-3-5-11(18-2)6-4-10/h3-9H,1-2H3,(H,14,15)(H,16,17)/b8-7-/t9-/m0/s1. The van der Waals surface area contributed by atoms with Gasteiger partial charge >= 0.3 is 5.97 Å². The van der Waals surface area contributed by atoms with Crippen LogP contribution in [0, 0.1) is 0 Å². The Kier molecular flexibility index (Phi) is 4.92. The minimum Gasteiger partial charge on any atom is -0.497 e. The number of carboxylic acids is 1. The fraction of sp³-hybridized carbons (Fsp3) is 0.231. The molecule has 0 aliphatic heterocycles. The van der Waals surface area contributed by atoms with Crippen molar-refractivity contribution in [2.24, 2.45) is 0 Å². The van der Waals surface area contributed by atoms with E-state index in [1.165, 1.54) is 0 Å². The summed E-state index contributed by atoms with van der Waals surface area (Å²) in [6.45, 7) is 1.81. The van der Waals surface area contributed by atoms with Crippen molar-refractivity contribution < 1.29 is 19.4 Å². The average molecular weight is 249 g/mol. The maximum absolute atomic E-state index is 11.4. The number of aliphatic carboxylic acids is 1. The van der Waals surface area contributed by atoms with Gasteiger partial charge in [-0.05, 0) is 24.6 Å². The number of carbonyl (C=O) groups is 2. The van der Waals surface area contributed by atoms with E-state index in [2.05, 4.69) is 5.32 Å². The third-order valence-corrected chi connectivity index (χ3v) is 2.35. The van der Waals surface area contributed by atoms with E-state index < -0.39 is 11.9 Å². The first-order chi connectivity index (χ1) is 8.52. The molecule has 0 fully saturated rings. The minimum atomic E-state index is -1.15. The molecule has 5 nitrogen and oxygen atoms in total. The quantitative estimate of drug-likeness (QED) is 0.776. The largest absolute Gasteiger partial charge is 0.497 e. The van der Waals surface area contributed by atoms with Gasteiger partial charge in [-0.15, -0.1) is 0 Å². The third-order valence-electron chi connectivity index (χ3n) is 2.35. The van der Waals surface area contributed by atoms with Gasteiger partial charge in [-0.2, -0.15) is 0 Å². The highest BCUT2D eigenvalue weighted by Gasteiger charge is 2.07. The second kappa shape index (κ2) is 6.44. The van der Waals surface area contributed by atoms with Crippen LogP contribution >= 0.6 is 0 Å². The zero-order valence-corrected chi connectivity index (χ0v) is 10.2. The van der Waals surface area contributed by atoms with Crippen molar-refractivity contribution in [3.8, 4) is 5.75 Å². The second-order valence-corrected chi connectivity index (χ2v) is 3.68. The molecule has 0 unspecified atom stereocenters. The molecular formula is C13H15NO4. The topological polar surface area (TPSA) is 75.6 Å². The van der Waals surface area contributed by atoms with Crippen molar-refractivity contribution in [3.05, 3.63) is 42.0 Å². The lowest BCUT2D eigenvalue weighted by molar-refractivity contribution is -0.131. The molecule has 0 aliphatic carbocycles. The number of ether oxygens (including phenoxy) is 1. The number of carbonyl (C=O) groups excluding carboxylic acids is 1. The van der Waals surface area contributed by atoms with Gasteiger partial charge in [0.15, 0.2) is 0 Å². The molecule has 0 radical (unpaired) electrons. The maximum Gasteiger partial charge on any atom is 0.328 e. The van der Waals surface area contributed by atoms with E-state index in [9.17, 15) is 9.59 Å². The predicted octanol–water partition coefficient (Wildman–Crippen LogP) is 1.51. The summed E-state index contributed by atoms with van der Waals surface area (Å²) < 4.78 is 5.03. The molecule has 0 bridgehead atoms. The molecule has 0 spiro atoms. The van der Waals surface area contributed by atoms with E-state index in [-0.39, 0.29) is 6.04 Å². The van der Waals surface area contributed by atoms with E-state index >= 15 is 0 Å². The number of rotatable bonds is 5. The van der Waals surface area contributed by atoms with Gasteiger partial charge in [-0.1, -0.05) is 12.1 Å². The zero-order valence-electron chi connectivity index (χ0n) is 10.2. The van der Waals surface area contributed by atoms with Crippen LogP contribution in [-0.4, -0.2) is 24.1 Å². The summed E-state index contributed by atoms with van der Waals surface area (Å²) >= 11 is 0. The summed E-state index contributed by atoms with van der Waals surface area (Å²) in [6, 6.07) is 7.06. The van der Waals surface area contributed by atoms with Gasteiger partial charge in [-0.25, -0.2) is 4.79 Å². The molecule has 0 aromatic heterocycles. The van der Waals surface area contributed by atoms with Crippen molar-refractivity contribution in [1.29, 1.82) is 0 Å². The van der Waals surface area contributed by atoms with Crippen LogP contribution in [0.15, 0.2) is 36.4 Å². The monoisotopic (exact) mass is 249 g/mol. The molecule has 2 N–H and O–H groups in total. The van der Waals surface area contributed by atoms with E-state index in [1.807, 2.05) is 19.1 Å². The van der Waals surface area contributed by atoms with Crippen molar-refractivity contribution in [3.63, 3.8) is 0 Å². The number of benzene rings is 1. The first-order valence-electron chi connectivity index (χ1n) is 5.38. The summed E-state index contributed by atoms with van der Waals surface area (Å²) in [7, 11) is 1.58. The van der Waals surface area contributed by atoms with Gasteiger partial charge in [0.05, 0.1) is 13.2 Å². The number of hydrogen-bond acceptors (Lipinski definition) is 3. The molecule has 1 aromatic carbocycles. The molecular weight excluding hydrogens is 234 g/mol. The van der Waals surface area contributed by atoms with Crippen LogP contribution in [0.2, 0.25) is 0 Å². The molecule has 1 amide bonds. The van der Waals surface area contributed by atoms with Gasteiger partial charge in [0.2, 0.25) is 5.91 Å². The highest BCUT2D eigenvalue weighted by molar-refractivity contribution is 5.94. The fourth-order valence-electron chi connectivity index (χ4n) is 1.38. The number of nitrogens with one attached hydrogen (secondary N) is 1. The molecule has 0 aliphatic rings. The summed E-state index contributed by atoms with van der Waals surface area (Å²) in [5, 5.41) is 11.0. The maximum atomic E-state index is 11.4. The van der Waals surface area contributed by atoms with Crippen molar-refractivity contribution in [2.45, 2.75) is 13.0 Å². The summed E-state index contributed by atoms with van der Waals surface area (Å²) in [4.78, 5) is 21.6. The number of carboxylic acid groups (broad SMARTS) is 1. The smallest absolute Gasteiger partial charge is 0.328 e. The highest BCUT2D eigenvalue weighted by atomic mass is 16.5. The van der Waals surface area contributed by atoms with E-state index in [1.54, 1.807) is 19.2 Å². The van der Waals surface area contributed by atoms with Crippen molar-refractivity contribution in [2.75, 3.05) is 7.11 Å². The molecule has 0 heterocycles. The highest BCUT2D eigenvalue weighted by Crippen LogP contribution is 2.16. The fourth-order valence-corrected chi connectivity index (χ4v) is 1.38. The molecule has 18 heavy (non-hydrogen) atoms. The van der Waals surface area contributed by atoms with Crippen LogP contribution in [0.1, 0.15) is 18.5 Å². The van der Waals surface area contributed by atoms with Crippen LogP contribution < -0.4 is 10.1 Å². The van der Waals surface area contributed by atoms with Gasteiger partial charge in [-0.3, -0.25) is 4.79 Å². The molecule has 1 aromatic rings. The summed E-state index contributed by atoms with van der Waals surface area (Å²) in [5.41, 5.74) is 0.910. The van der Waals surface area contributed by atoms with Crippen LogP contribution in [-0.2, 0) is 9.59 Å². The molecule has 0 saturated heterocycles. The predicted molar refractivity (Wildman–Crippen MR) is 66.3 cm³/mol. The Balaban J connectivity index is 2.61. The molecule has 0 saturated carbocycles. The van der Waals surface area contributed by atoms with Gasteiger partial charge in [0.1, 0.15) is 5.75 Å². The lowest BCUT2D eigenvalue weighted by Gasteiger charge is -2.13. The number of methoxy groups -OCH3 is 1. The van der Waals surface area contributed by atoms with Crippen molar-refractivity contribution in [1.82, 2.24) is 5.32 Å². The Morgan fingerprint density at radius 1 is 1.28 bits per heavy atom. The normalized spacial score (nSPS) is 12.1. The Bertz CT molecular complexity index is 451. The Labute approximate surface area is 105 Å². The van der Waals surface area contributed by atoms with Crippen LogP contribution in [0.4, 0.5) is 0 Å². The van der Waals surface area contributed by atoms with Crippen LogP contribution in [0.5, 0.6) is 5.75 Å². The average Bonchev–Trinajstić information content (AvgIpc) is 2.36. The molecule has 5 heteroatoms. The van der Waals surface area contributed by atoms with E-state index in [0.29, 0.717) is 0 Å². The van der Waals surface area contributed by atoms with E-state index in [4.69, 9.17) is 9.84 Å². The lowest BCUT2D eigenvalue weighted by atomic mass is 10.1. The second-order valence-electron chi connectivity index (χ2n) is 3.68. The van der Waals surface area contributed by atoms with Crippen molar-refractivity contribution >= 4 is 11.9 Å². The number of amides is 1. The Morgan fingerprint density at radius 2 is 1.89 bits per heavy atom. The minimum absolute atomic E-state index is 0.207.